The van der Waals surface area contributed by atoms with Gasteiger partial charge in [-0.15, -0.1) is 0 Å². The smallest absolute Gasteiger partial charge is 0.336 e. The van der Waals surface area contributed by atoms with Crippen LogP contribution in [0.5, 0.6) is 0 Å². The molecule has 4 nitrogen and oxygen atoms in total. The number of hydrogen-bond acceptors (Lipinski definition) is 4. The van der Waals surface area contributed by atoms with Gasteiger partial charge >= 0.3 is 5.97 Å². The summed E-state index contributed by atoms with van der Waals surface area (Å²) >= 11 is 0. The summed E-state index contributed by atoms with van der Waals surface area (Å²) in [5.41, 5.74) is -1.43. The Morgan fingerprint density at radius 2 is 1.80 bits per heavy atom. The van der Waals surface area contributed by atoms with E-state index < -0.39 is 17.2 Å². The van der Waals surface area contributed by atoms with Crippen molar-refractivity contribution in [2.24, 2.45) is 0 Å². The maximum Gasteiger partial charge on any atom is 0.336 e. The van der Waals surface area contributed by atoms with Gasteiger partial charge in [0, 0.05) is 0 Å². The maximum absolute atomic E-state index is 11.6. The second-order valence-corrected chi connectivity index (χ2v) is 4.54. The highest BCUT2D eigenvalue weighted by Crippen LogP contribution is 2.33. The summed E-state index contributed by atoms with van der Waals surface area (Å²) in [6, 6.07) is 0. The first-order chi connectivity index (χ1) is 6.70. The number of hydrogen-bond donors (Lipinski definition) is 0. The van der Waals surface area contributed by atoms with E-state index in [2.05, 4.69) is 4.74 Å². The Morgan fingerprint density at radius 3 is 2.27 bits per heavy atom. The number of methoxy groups -OCH3 is 1. The maximum atomic E-state index is 11.6. The molecule has 0 aromatic carbocycles. The molecular formula is C11H16O4. The molecule has 0 saturated carbocycles. The van der Waals surface area contributed by atoms with E-state index in [4.69, 9.17) is 4.74 Å². The quantitative estimate of drug-likeness (QED) is 0.614. The highest BCUT2D eigenvalue weighted by Gasteiger charge is 2.44. The molecule has 0 spiro atoms. The number of esters is 1. The molecule has 1 heterocycles. The van der Waals surface area contributed by atoms with Crippen molar-refractivity contribution in [3.63, 3.8) is 0 Å². The lowest BCUT2D eigenvalue weighted by atomic mass is 9.87. The molecule has 1 aliphatic rings. The molecule has 1 aliphatic heterocycles. The molecule has 0 amide bonds. The molecule has 0 radical (unpaired) electrons. The SMILES string of the molecule is COC(=O)C1=CC(=O)C(C)(C)OC1(C)C. The van der Waals surface area contributed by atoms with Gasteiger partial charge in [0.25, 0.3) is 0 Å². The molecule has 1 rings (SSSR count). The Balaban J connectivity index is 3.17. The summed E-state index contributed by atoms with van der Waals surface area (Å²) in [5.74, 6) is -0.744. The summed E-state index contributed by atoms with van der Waals surface area (Å²) in [5, 5.41) is 0. The first kappa shape index (κ1) is 11.9. The molecule has 4 heteroatoms. The van der Waals surface area contributed by atoms with Gasteiger partial charge in [-0.2, -0.15) is 0 Å². The van der Waals surface area contributed by atoms with Gasteiger partial charge in [0.2, 0.25) is 0 Å². The van der Waals surface area contributed by atoms with Gasteiger partial charge in [-0.25, -0.2) is 4.79 Å². The van der Waals surface area contributed by atoms with E-state index in [1.54, 1.807) is 27.7 Å². The van der Waals surface area contributed by atoms with Gasteiger partial charge in [0.1, 0.15) is 5.60 Å². The standard InChI is InChI=1S/C11H16O4/c1-10(2)7(9(13)14-5)6-8(12)11(3,4)15-10/h6H,1-5H3. The molecule has 0 bridgehead atoms. The van der Waals surface area contributed by atoms with Crippen molar-refractivity contribution in [2.75, 3.05) is 7.11 Å². The number of rotatable bonds is 1. The summed E-state index contributed by atoms with van der Waals surface area (Å²) < 4.78 is 10.2. The lowest BCUT2D eigenvalue weighted by molar-refractivity contribution is -0.160. The highest BCUT2D eigenvalue weighted by molar-refractivity contribution is 6.05. The Morgan fingerprint density at radius 1 is 1.27 bits per heavy atom. The summed E-state index contributed by atoms with van der Waals surface area (Å²) in [4.78, 5) is 23.0. The second-order valence-electron chi connectivity index (χ2n) is 4.54. The zero-order chi connectivity index (χ0) is 11.9. The van der Waals surface area contributed by atoms with Crippen LogP contribution in [0.1, 0.15) is 27.7 Å². The van der Waals surface area contributed by atoms with Crippen molar-refractivity contribution < 1.29 is 19.1 Å². The largest absolute Gasteiger partial charge is 0.466 e. The van der Waals surface area contributed by atoms with E-state index in [9.17, 15) is 9.59 Å². The zero-order valence-electron chi connectivity index (χ0n) is 9.71. The van der Waals surface area contributed by atoms with Gasteiger partial charge in [0.05, 0.1) is 18.3 Å². The third-order valence-electron chi connectivity index (χ3n) is 2.43. The number of ketones is 1. The van der Waals surface area contributed by atoms with Crippen LogP contribution in [-0.2, 0) is 19.1 Å². The van der Waals surface area contributed by atoms with Crippen LogP contribution in [0, 0.1) is 0 Å². The summed E-state index contributed by atoms with van der Waals surface area (Å²) in [6.45, 7) is 6.84. The van der Waals surface area contributed by atoms with Crippen LogP contribution in [0.3, 0.4) is 0 Å². The molecule has 0 aromatic rings. The monoisotopic (exact) mass is 212 g/mol. The Labute approximate surface area is 89.2 Å². The minimum absolute atomic E-state index is 0.220. The van der Waals surface area contributed by atoms with E-state index in [1.165, 1.54) is 13.2 Å². The molecule has 0 N–H and O–H groups in total. The molecule has 0 saturated heterocycles. The second kappa shape index (κ2) is 3.45. The van der Waals surface area contributed by atoms with Gasteiger partial charge in [-0.05, 0) is 33.8 Å². The van der Waals surface area contributed by atoms with E-state index in [-0.39, 0.29) is 11.4 Å². The topological polar surface area (TPSA) is 52.6 Å². The molecular weight excluding hydrogens is 196 g/mol. The Bertz CT molecular complexity index is 336. The number of carbonyl (C=O) groups excluding carboxylic acids is 2. The lowest BCUT2D eigenvalue weighted by Crippen LogP contribution is -2.49. The van der Waals surface area contributed by atoms with Gasteiger partial charge < -0.3 is 9.47 Å². The van der Waals surface area contributed by atoms with Crippen LogP contribution in [0.4, 0.5) is 0 Å². The third-order valence-corrected chi connectivity index (χ3v) is 2.43. The average Bonchev–Trinajstić information content (AvgIpc) is 2.08. The molecule has 0 aliphatic carbocycles. The minimum atomic E-state index is -0.888. The van der Waals surface area contributed by atoms with Crippen molar-refractivity contribution in [2.45, 2.75) is 38.9 Å². The predicted molar refractivity (Wildman–Crippen MR) is 54.3 cm³/mol. The van der Waals surface area contributed by atoms with Crippen LogP contribution in [-0.4, -0.2) is 30.1 Å². The Hall–Kier alpha value is -1.16. The van der Waals surface area contributed by atoms with E-state index in [0.717, 1.165) is 0 Å². The molecule has 84 valence electrons. The van der Waals surface area contributed by atoms with Crippen LogP contribution < -0.4 is 0 Å². The fourth-order valence-corrected chi connectivity index (χ4v) is 1.64. The number of carbonyl (C=O) groups is 2. The fraction of sp³-hybridized carbons (Fsp3) is 0.636. The molecule has 0 fully saturated rings. The molecule has 0 atom stereocenters. The molecule has 0 unspecified atom stereocenters. The zero-order valence-corrected chi connectivity index (χ0v) is 9.71. The Kier molecular flexibility index (Phi) is 2.74. The van der Waals surface area contributed by atoms with Gasteiger partial charge in [-0.3, -0.25) is 4.79 Å². The predicted octanol–water partition coefficient (Wildman–Crippen LogP) is 1.24. The summed E-state index contributed by atoms with van der Waals surface area (Å²) in [6.07, 6.45) is 1.31. The van der Waals surface area contributed by atoms with Crippen molar-refractivity contribution in [1.29, 1.82) is 0 Å². The van der Waals surface area contributed by atoms with Crippen molar-refractivity contribution in [3.05, 3.63) is 11.6 Å². The van der Waals surface area contributed by atoms with Crippen LogP contribution in [0.15, 0.2) is 11.6 Å². The average molecular weight is 212 g/mol. The van der Waals surface area contributed by atoms with Crippen LogP contribution in [0.25, 0.3) is 0 Å². The van der Waals surface area contributed by atoms with Crippen LogP contribution >= 0.6 is 0 Å². The molecule has 0 aromatic heterocycles. The first-order valence-electron chi connectivity index (χ1n) is 4.76. The third kappa shape index (κ3) is 2.09. The normalized spacial score (nSPS) is 23.3. The highest BCUT2D eigenvalue weighted by atomic mass is 16.5. The summed E-state index contributed by atoms with van der Waals surface area (Å²) in [7, 11) is 1.28. The van der Waals surface area contributed by atoms with E-state index in [1.807, 2.05) is 0 Å². The van der Waals surface area contributed by atoms with Gasteiger partial charge in [-0.1, -0.05) is 0 Å². The lowest BCUT2D eigenvalue weighted by Gasteiger charge is -2.39. The number of ether oxygens (including phenoxy) is 2. The van der Waals surface area contributed by atoms with E-state index >= 15 is 0 Å². The van der Waals surface area contributed by atoms with Crippen molar-refractivity contribution in [3.8, 4) is 0 Å². The minimum Gasteiger partial charge on any atom is -0.466 e. The van der Waals surface area contributed by atoms with Crippen molar-refractivity contribution >= 4 is 11.8 Å². The fourth-order valence-electron chi connectivity index (χ4n) is 1.64. The first-order valence-corrected chi connectivity index (χ1v) is 4.76. The van der Waals surface area contributed by atoms with Crippen LogP contribution in [0.2, 0.25) is 0 Å². The molecule has 15 heavy (non-hydrogen) atoms. The van der Waals surface area contributed by atoms with Gasteiger partial charge in [0.15, 0.2) is 5.78 Å². The van der Waals surface area contributed by atoms with E-state index in [0.29, 0.717) is 0 Å². The van der Waals surface area contributed by atoms with Crippen molar-refractivity contribution in [1.82, 2.24) is 0 Å².